The number of likely N-dealkylation sites (tertiary alicyclic amines) is 1. The predicted octanol–water partition coefficient (Wildman–Crippen LogP) is 2.09. The first-order valence-electron chi connectivity index (χ1n) is 6.83. The van der Waals surface area contributed by atoms with Gasteiger partial charge in [-0.2, -0.15) is 0 Å². The van der Waals surface area contributed by atoms with Gasteiger partial charge in [0.25, 0.3) is 0 Å². The zero-order valence-corrected chi connectivity index (χ0v) is 13.7. The molecule has 6 heteroatoms. The lowest BCUT2D eigenvalue weighted by Gasteiger charge is -2.29. The zero-order valence-electron chi connectivity index (χ0n) is 10.6. The molecule has 106 valence electrons. The Morgan fingerprint density at radius 1 is 1.11 bits per heavy atom. The first-order chi connectivity index (χ1) is 9.08. The van der Waals surface area contributed by atoms with E-state index in [1.165, 1.54) is 4.90 Å². The minimum atomic E-state index is -0.132. The predicted molar refractivity (Wildman–Crippen MR) is 77.3 cm³/mol. The van der Waals surface area contributed by atoms with Gasteiger partial charge in [0.1, 0.15) is 0 Å². The molecule has 3 fully saturated rings. The fourth-order valence-electron chi connectivity index (χ4n) is 3.34. The van der Waals surface area contributed by atoms with Gasteiger partial charge < -0.3 is 4.74 Å². The number of rotatable bonds is 2. The van der Waals surface area contributed by atoms with Crippen molar-refractivity contribution in [2.24, 2.45) is 11.8 Å². The first kappa shape index (κ1) is 14.0. The standard InChI is InChI=1S/C13H17Br2NO3/c14-10-4-8-9(5-11(10)15)13(18)16(12(8)17)6-7-2-1-3-19-7/h7-11H,1-6H2/t7-,8+,9+,10-,11+/m1/s1. The fraction of sp³-hybridized carbons (Fsp3) is 0.846. The van der Waals surface area contributed by atoms with Gasteiger partial charge in [0.2, 0.25) is 11.8 Å². The average Bonchev–Trinajstić information content (AvgIpc) is 2.96. The minimum absolute atomic E-state index is 0.00866. The maximum atomic E-state index is 12.4. The maximum absolute atomic E-state index is 12.4. The van der Waals surface area contributed by atoms with Gasteiger partial charge in [-0.1, -0.05) is 31.9 Å². The first-order valence-corrected chi connectivity index (χ1v) is 8.66. The summed E-state index contributed by atoms with van der Waals surface area (Å²) >= 11 is 7.18. The third kappa shape index (κ3) is 2.51. The molecule has 1 aliphatic carbocycles. The van der Waals surface area contributed by atoms with Gasteiger partial charge in [0.05, 0.1) is 24.5 Å². The highest BCUT2D eigenvalue weighted by Crippen LogP contribution is 2.43. The van der Waals surface area contributed by atoms with E-state index < -0.39 is 0 Å². The van der Waals surface area contributed by atoms with Crippen molar-refractivity contribution >= 4 is 43.7 Å². The second-order valence-corrected chi connectivity index (χ2v) is 7.99. The van der Waals surface area contributed by atoms with E-state index in [-0.39, 0.29) is 39.4 Å². The molecule has 19 heavy (non-hydrogen) atoms. The largest absolute Gasteiger partial charge is 0.376 e. The van der Waals surface area contributed by atoms with Gasteiger partial charge in [-0.15, -0.1) is 0 Å². The Morgan fingerprint density at radius 2 is 1.68 bits per heavy atom. The van der Waals surface area contributed by atoms with Crippen LogP contribution in [-0.2, 0) is 14.3 Å². The van der Waals surface area contributed by atoms with Crippen LogP contribution in [0.1, 0.15) is 25.7 Å². The Morgan fingerprint density at radius 3 is 2.16 bits per heavy atom. The molecular weight excluding hydrogens is 378 g/mol. The van der Waals surface area contributed by atoms with Crippen LogP contribution in [0.4, 0.5) is 0 Å². The highest BCUT2D eigenvalue weighted by atomic mass is 79.9. The van der Waals surface area contributed by atoms with Gasteiger partial charge in [-0.25, -0.2) is 0 Å². The van der Waals surface area contributed by atoms with Crippen LogP contribution in [0.15, 0.2) is 0 Å². The summed E-state index contributed by atoms with van der Waals surface area (Å²) in [4.78, 5) is 26.8. The molecule has 4 nitrogen and oxygen atoms in total. The highest BCUT2D eigenvalue weighted by molar-refractivity contribution is 9.12. The Kier molecular flexibility index (Phi) is 4.02. The molecule has 0 N–H and O–H groups in total. The van der Waals surface area contributed by atoms with Crippen LogP contribution < -0.4 is 0 Å². The van der Waals surface area contributed by atoms with Crippen LogP contribution in [0.3, 0.4) is 0 Å². The van der Waals surface area contributed by atoms with E-state index in [2.05, 4.69) is 31.9 Å². The van der Waals surface area contributed by atoms with Crippen molar-refractivity contribution in [3.63, 3.8) is 0 Å². The van der Waals surface area contributed by atoms with E-state index in [1.807, 2.05) is 0 Å². The summed E-state index contributed by atoms with van der Waals surface area (Å²) < 4.78 is 5.54. The normalized spacial score (nSPS) is 42.8. The number of nitrogens with zero attached hydrogens (tertiary/aromatic N) is 1. The number of hydrogen-bond donors (Lipinski definition) is 0. The van der Waals surface area contributed by atoms with Crippen molar-refractivity contribution in [2.45, 2.75) is 41.4 Å². The van der Waals surface area contributed by atoms with Crippen molar-refractivity contribution in [2.75, 3.05) is 13.2 Å². The molecule has 1 saturated carbocycles. The number of halogens is 2. The lowest BCUT2D eigenvalue weighted by molar-refractivity contribution is -0.141. The van der Waals surface area contributed by atoms with E-state index in [1.54, 1.807) is 0 Å². The summed E-state index contributed by atoms with van der Waals surface area (Å²) in [6.45, 7) is 1.20. The molecule has 0 radical (unpaired) electrons. The number of imide groups is 1. The molecule has 3 aliphatic rings. The van der Waals surface area contributed by atoms with Crippen LogP contribution in [0.5, 0.6) is 0 Å². The lowest BCUT2D eigenvalue weighted by Crippen LogP contribution is -2.37. The van der Waals surface area contributed by atoms with Crippen LogP contribution in [0.2, 0.25) is 0 Å². The molecule has 0 aromatic rings. The summed E-state index contributed by atoms with van der Waals surface area (Å²) in [7, 11) is 0. The fourth-order valence-corrected chi connectivity index (χ4v) is 4.57. The molecule has 0 bridgehead atoms. The smallest absolute Gasteiger partial charge is 0.233 e. The van der Waals surface area contributed by atoms with E-state index in [0.717, 1.165) is 32.3 Å². The number of amides is 2. The Balaban J connectivity index is 1.73. The van der Waals surface area contributed by atoms with Crippen LogP contribution in [-0.4, -0.2) is 45.6 Å². The minimum Gasteiger partial charge on any atom is -0.376 e. The maximum Gasteiger partial charge on any atom is 0.233 e. The average molecular weight is 395 g/mol. The number of fused-ring (bicyclic) bond motifs is 1. The van der Waals surface area contributed by atoms with Crippen molar-refractivity contribution in [1.29, 1.82) is 0 Å². The molecule has 3 rings (SSSR count). The van der Waals surface area contributed by atoms with Crippen LogP contribution in [0.25, 0.3) is 0 Å². The molecular formula is C13H17Br2NO3. The van der Waals surface area contributed by atoms with E-state index in [9.17, 15) is 9.59 Å². The summed E-state index contributed by atoms with van der Waals surface area (Å²) in [6.07, 6.45) is 3.52. The third-order valence-corrected chi connectivity index (χ3v) is 7.15. The molecule has 5 atom stereocenters. The molecule has 0 unspecified atom stereocenters. The molecule has 0 aromatic heterocycles. The number of alkyl halides is 2. The van der Waals surface area contributed by atoms with Gasteiger partial charge >= 0.3 is 0 Å². The monoisotopic (exact) mass is 393 g/mol. The van der Waals surface area contributed by atoms with Crippen molar-refractivity contribution in [1.82, 2.24) is 4.90 Å². The van der Waals surface area contributed by atoms with Gasteiger partial charge in [-0.3, -0.25) is 14.5 Å². The summed E-state index contributed by atoms with van der Waals surface area (Å²) in [5.41, 5.74) is 0. The highest BCUT2D eigenvalue weighted by Gasteiger charge is 2.52. The number of ether oxygens (including phenoxy) is 1. The summed E-state index contributed by atoms with van der Waals surface area (Å²) in [6, 6.07) is 0. The Labute approximate surface area is 129 Å². The van der Waals surface area contributed by atoms with E-state index in [4.69, 9.17) is 4.74 Å². The Hall–Kier alpha value is 0.0600. The molecule has 0 aromatic carbocycles. The van der Waals surface area contributed by atoms with E-state index in [0.29, 0.717) is 6.54 Å². The van der Waals surface area contributed by atoms with Gasteiger partial charge in [0, 0.05) is 16.3 Å². The van der Waals surface area contributed by atoms with Crippen molar-refractivity contribution < 1.29 is 14.3 Å². The molecule has 2 heterocycles. The zero-order chi connectivity index (χ0) is 13.6. The van der Waals surface area contributed by atoms with Crippen LogP contribution >= 0.6 is 31.9 Å². The Bertz CT molecular complexity index is 369. The summed E-state index contributed by atoms with van der Waals surface area (Å²) in [5, 5.41) is 0. The second kappa shape index (κ2) is 5.45. The number of hydrogen-bond acceptors (Lipinski definition) is 3. The topological polar surface area (TPSA) is 46.6 Å². The number of carbonyl (C=O) groups is 2. The quantitative estimate of drug-likeness (QED) is 0.532. The van der Waals surface area contributed by atoms with Gasteiger partial charge in [0.15, 0.2) is 0 Å². The second-order valence-electron chi connectivity index (χ2n) is 5.64. The van der Waals surface area contributed by atoms with Crippen molar-refractivity contribution in [3.8, 4) is 0 Å². The lowest BCUT2D eigenvalue weighted by atomic mass is 9.81. The SMILES string of the molecule is O=C1[C@H]2C[C@@H](Br)[C@@H](Br)C[C@@H]2C(=O)N1C[C@H]1CCCO1. The third-order valence-electron chi connectivity index (χ3n) is 4.41. The van der Waals surface area contributed by atoms with E-state index >= 15 is 0 Å². The molecule has 2 amide bonds. The van der Waals surface area contributed by atoms with Gasteiger partial charge in [-0.05, 0) is 25.7 Å². The van der Waals surface area contributed by atoms with Crippen LogP contribution in [0, 0.1) is 11.8 Å². The molecule has 2 aliphatic heterocycles. The number of carbonyl (C=O) groups excluding carboxylic acids is 2. The summed E-state index contributed by atoms with van der Waals surface area (Å²) in [5.74, 6) is -0.247. The van der Waals surface area contributed by atoms with Crippen molar-refractivity contribution in [3.05, 3.63) is 0 Å². The molecule has 2 saturated heterocycles. The molecule has 0 spiro atoms.